The van der Waals surface area contributed by atoms with Crippen molar-refractivity contribution in [2.75, 3.05) is 5.75 Å². The zero-order valence-corrected chi connectivity index (χ0v) is 15.3. The van der Waals surface area contributed by atoms with Crippen LogP contribution in [0.5, 0.6) is 0 Å². The van der Waals surface area contributed by atoms with Crippen LogP contribution in [0.15, 0.2) is 14.8 Å². The maximum Gasteiger partial charge on any atom is 0.391 e. The molecule has 0 spiro atoms. The van der Waals surface area contributed by atoms with Crippen molar-refractivity contribution in [1.82, 2.24) is 0 Å². The summed E-state index contributed by atoms with van der Waals surface area (Å²) in [7, 11) is -4.32. The highest BCUT2D eigenvalue weighted by molar-refractivity contribution is 9.11. The standard InChI is InChI=1S/C12H13BrF4N2O2S2/c1-10(8-6(14)3-7(13)22-8)5-23(20,21)11(2,9(18)19-10)4-12(15,16)17/h3H,4-5H2,1-2H3,(H2,18,19)/t10-,11-/m0/s1. The number of amidine groups is 1. The Morgan fingerprint density at radius 2 is 2.00 bits per heavy atom. The summed E-state index contributed by atoms with van der Waals surface area (Å²) < 4.78 is 75.3. The van der Waals surface area contributed by atoms with Crippen molar-refractivity contribution in [2.45, 2.75) is 36.7 Å². The zero-order chi connectivity index (χ0) is 17.8. The maximum absolute atomic E-state index is 14.0. The van der Waals surface area contributed by atoms with Gasteiger partial charge < -0.3 is 5.73 Å². The minimum absolute atomic E-state index is 0.00459. The van der Waals surface area contributed by atoms with Gasteiger partial charge in [0.1, 0.15) is 21.9 Å². The predicted molar refractivity (Wildman–Crippen MR) is 83.8 cm³/mol. The number of rotatable bonds is 2. The van der Waals surface area contributed by atoms with E-state index in [0.717, 1.165) is 24.3 Å². The Morgan fingerprint density at radius 3 is 2.39 bits per heavy atom. The van der Waals surface area contributed by atoms with Crippen LogP contribution in [-0.4, -0.2) is 30.9 Å². The first kappa shape index (κ1) is 18.7. The van der Waals surface area contributed by atoms with Crippen molar-refractivity contribution in [2.24, 2.45) is 10.7 Å². The highest BCUT2D eigenvalue weighted by Crippen LogP contribution is 2.44. The van der Waals surface area contributed by atoms with Gasteiger partial charge in [-0.15, -0.1) is 11.3 Å². The van der Waals surface area contributed by atoms with Gasteiger partial charge in [-0.1, -0.05) is 0 Å². The molecular weight excluding hydrogens is 424 g/mol. The van der Waals surface area contributed by atoms with E-state index in [1.54, 1.807) is 0 Å². The molecule has 2 N–H and O–H groups in total. The zero-order valence-electron chi connectivity index (χ0n) is 12.0. The molecule has 1 aromatic heterocycles. The predicted octanol–water partition coefficient (Wildman–Crippen LogP) is 3.36. The lowest BCUT2D eigenvalue weighted by molar-refractivity contribution is -0.137. The van der Waals surface area contributed by atoms with E-state index >= 15 is 0 Å². The highest BCUT2D eigenvalue weighted by Gasteiger charge is 2.56. The Bertz CT molecular complexity index is 775. The first-order valence-corrected chi connectivity index (χ1v) is 9.56. The van der Waals surface area contributed by atoms with Crippen LogP contribution in [-0.2, 0) is 15.4 Å². The second-order valence-electron chi connectivity index (χ2n) is 5.78. The first-order chi connectivity index (χ1) is 10.2. The van der Waals surface area contributed by atoms with Crippen LogP contribution in [0.25, 0.3) is 0 Å². The van der Waals surface area contributed by atoms with Gasteiger partial charge in [-0.2, -0.15) is 13.2 Å². The van der Waals surface area contributed by atoms with Gasteiger partial charge in [0.15, 0.2) is 9.84 Å². The van der Waals surface area contributed by atoms with Gasteiger partial charge in [0.2, 0.25) is 0 Å². The van der Waals surface area contributed by atoms with Crippen LogP contribution in [0.3, 0.4) is 0 Å². The van der Waals surface area contributed by atoms with Gasteiger partial charge in [-0.05, 0) is 35.8 Å². The van der Waals surface area contributed by atoms with Crippen LogP contribution >= 0.6 is 27.3 Å². The fraction of sp³-hybridized carbons (Fsp3) is 0.583. The molecule has 4 nitrogen and oxygen atoms in total. The Kier molecular flexibility index (Phi) is 4.39. The molecule has 0 aromatic carbocycles. The molecule has 23 heavy (non-hydrogen) atoms. The fourth-order valence-corrected chi connectivity index (χ4v) is 6.16. The third kappa shape index (κ3) is 3.27. The van der Waals surface area contributed by atoms with Crippen LogP contribution in [0, 0.1) is 5.82 Å². The quantitative estimate of drug-likeness (QED) is 0.722. The van der Waals surface area contributed by atoms with Gasteiger partial charge in [0.05, 0.1) is 20.8 Å². The van der Waals surface area contributed by atoms with E-state index in [1.807, 2.05) is 0 Å². The number of aliphatic imine (C=N–C) groups is 1. The van der Waals surface area contributed by atoms with Crippen LogP contribution in [0.2, 0.25) is 0 Å². The third-order valence-electron chi connectivity index (χ3n) is 3.75. The molecule has 0 saturated heterocycles. The van der Waals surface area contributed by atoms with Gasteiger partial charge >= 0.3 is 6.18 Å². The third-order valence-corrected chi connectivity index (χ3v) is 8.28. The van der Waals surface area contributed by atoms with Crippen molar-refractivity contribution < 1.29 is 26.0 Å². The SMILES string of the molecule is C[C@]1(CC(F)(F)F)C(N)=N[C@](C)(c2sc(Br)cc2F)CS1(=O)=O. The molecule has 0 radical (unpaired) electrons. The number of nitrogens with two attached hydrogens (primary N) is 1. The first-order valence-electron chi connectivity index (χ1n) is 6.30. The van der Waals surface area contributed by atoms with Gasteiger partial charge in [-0.25, -0.2) is 12.8 Å². The van der Waals surface area contributed by atoms with Crippen molar-refractivity contribution in [3.05, 3.63) is 20.5 Å². The number of thiophene rings is 1. The smallest absolute Gasteiger partial charge is 0.386 e. The van der Waals surface area contributed by atoms with Crippen LogP contribution in [0.4, 0.5) is 17.6 Å². The Labute approximate surface area is 142 Å². The lowest BCUT2D eigenvalue weighted by Gasteiger charge is -2.39. The number of halogens is 5. The molecule has 0 amide bonds. The molecule has 0 aliphatic carbocycles. The molecule has 2 heterocycles. The average Bonchev–Trinajstić information content (AvgIpc) is 2.64. The summed E-state index contributed by atoms with van der Waals surface area (Å²) in [6, 6.07) is 1.15. The number of alkyl halides is 3. The molecular formula is C12H13BrF4N2O2S2. The summed E-state index contributed by atoms with van der Waals surface area (Å²) in [6.45, 7) is 2.24. The largest absolute Gasteiger partial charge is 0.391 e. The van der Waals surface area contributed by atoms with Crippen molar-refractivity contribution in [3.8, 4) is 0 Å². The Hall–Kier alpha value is -0.680. The van der Waals surface area contributed by atoms with Crippen molar-refractivity contribution >= 4 is 42.9 Å². The molecule has 1 aliphatic rings. The molecule has 11 heteroatoms. The van der Waals surface area contributed by atoms with E-state index in [4.69, 9.17) is 5.73 Å². The van der Waals surface area contributed by atoms with Crippen LogP contribution < -0.4 is 5.73 Å². The minimum Gasteiger partial charge on any atom is -0.386 e. The molecule has 130 valence electrons. The van der Waals surface area contributed by atoms with Crippen molar-refractivity contribution in [3.63, 3.8) is 0 Å². The normalized spacial score (nSPS) is 31.0. The molecule has 0 unspecified atom stereocenters. The number of sulfone groups is 1. The van der Waals surface area contributed by atoms with E-state index in [2.05, 4.69) is 20.9 Å². The number of hydrogen-bond acceptors (Lipinski definition) is 5. The maximum atomic E-state index is 14.0. The fourth-order valence-electron chi connectivity index (χ4n) is 2.51. The van der Waals surface area contributed by atoms with Gasteiger partial charge in [0.25, 0.3) is 0 Å². The molecule has 1 aliphatic heterocycles. The second kappa shape index (κ2) is 5.41. The van der Waals surface area contributed by atoms with Crippen LogP contribution in [0.1, 0.15) is 25.1 Å². The molecule has 1 aromatic rings. The van der Waals surface area contributed by atoms with E-state index in [-0.39, 0.29) is 4.88 Å². The van der Waals surface area contributed by atoms with E-state index in [1.165, 1.54) is 6.92 Å². The Morgan fingerprint density at radius 1 is 1.43 bits per heavy atom. The van der Waals surface area contributed by atoms with Crippen molar-refractivity contribution in [1.29, 1.82) is 0 Å². The Balaban J connectivity index is 2.60. The van der Waals surface area contributed by atoms with E-state index in [9.17, 15) is 26.0 Å². The summed E-state index contributed by atoms with van der Waals surface area (Å²) >= 11 is 4.01. The van der Waals surface area contributed by atoms with E-state index in [0.29, 0.717) is 3.79 Å². The molecule has 0 saturated carbocycles. The number of nitrogens with zero attached hydrogens (tertiary/aromatic N) is 1. The van der Waals surface area contributed by atoms with E-state index < -0.39 is 50.1 Å². The summed E-state index contributed by atoms with van der Waals surface area (Å²) in [4.78, 5) is 3.96. The molecule has 2 rings (SSSR count). The van der Waals surface area contributed by atoms with Gasteiger partial charge in [-0.3, -0.25) is 4.99 Å². The summed E-state index contributed by atoms with van der Waals surface area (Å²) in [5.74, 6) is -2.10. The monoisotopic (exact) mass is 436 g/mol. The topological polar surface area (TPSA) is 72.5 Å². The lowest BCUT2D eigenvalue weighted by atomic mass is 9.99. The summed E-state index contributed by atoms with van der Waals surface area (Å²) in [6.07, 6.45) is -6.36. The highest BCUT2D eigenvalue weighted by atomic mass is 79.9. The summed E-state index contributed by atoms with van der Waals surface area (Å²) in [5, 5.41) is 0. The lowest BCUT2D eigenvalue weighted by Crippen LogP contribution is -2.58. The van der Waals surface area contributed by atoms with Gasteiger partial charge in [0, 0.05) is 0 Å². The average molecular weight is 437 g/mol. The molecule has 0 fully saturated rings. The second-order valence-corrected chi connectivity index (χ2v) is 10.6. The summed E-state index contributed by atoms with van der Waals surface area (Å²) in [5.41, 5.74) is 4.05. The minimum atomic E-state index is -4.73. The molecule has 0 bridgehead atoms. The molecule has 2 atom stereocenters. The number of hydrogen-bond donors (Lipinski definition) is 1.